The van der Waals surface area contributed by atoms with Crippen molar-refractivity contribution in [2.75, 3.05) is 13.7 Å². The van der Waals surface area contributed by atoms with Crippen molar-refractivity contribution >= 4 is 10.8 Å². The molecular formula is C14H18N2O2. The minimum Gasteiger partial charge on any atom is -0.472 e. The molecule has 2 aromatic rings. The zero-order valence-electron chi connectivity index (χ0n) is 10.7. The van der Waals surface area contributed by atoms with Crippen LogP contribution in [0.5, 0.6) is 5.88 Å². The Labute approximate surface area is 107 Å². The molecule has 18 heavy (non-hydrogen) atoms. The Morgan fingerprint density at radius 1 is 1.28 bits per heavy atom. The molecule has 0 aliphatic carbocycles. The van der Waals surface area contributed by atoms with Gasteiger partial charge in [-0.1, -0.05) is 18.2 Å². The van der Waals surface area contributed by atoms with Crippen molar-refractivity contribution in [2.45, 2.75) is 19.6 Å². The normalized spacial score (nSPS) is 12.6. The number of hydrogen-bond acceptors (Lipinski definition) is 4. The van der Waals surface area contributed by atoms with E-state index >= 15 is 0 Å². The number of methoxy groups -OCH3 is 1. The van der Waals surface area contributed by atoms with E-state index in [9.17, 15) is 0 Å². The van der Waals surface area contributed by atoms with Crippen LogP contribution in [0.4, 0.5) is 0 Å². The Hall–Kier alpha value is -1.65. The Morgan fingerprint density at radius 2 is 2.00 bits per heavy atom. The summed E-state index contributed by atoms with van der Waals surface area (Å²) >= 11 is 0. The Bertz CT molecular complexity index is 528. The van der Waals surface area contributed by atoms with Crippen LogP contribution in [0.15, 0.2) is 30.5 Å². The van der Waals surface area contributed by atoms with E-state index in [1.807, 2.05) is 31.2 Å². The van der Waals surface area contributed by atoms with E-state index in [1.54, 1.807) is 13.3 Å². The summed E-state index contributed by atoms with van der Waals surface area (Å²) in [5.74, 6) is 0.632. The highest BCUT2D eigenvalue weighted by molar-refractivity contribution is 5.89. The lowest BCUT2D eigenvalue weighted by atomic mass is 10.1. The van der Waals surface area contributed by atoms with Gasteiger partial charge in [0, 0.05) is 25.2 Å². The molecule has 1 heterocycles. The van der Waals surface area contributed by atoms with Crippen molar-refractivity contribution in [3.8, 4) is 5.88 Å². The van der Waals surface area contributed by atoms with Gasteiger partial charge in [0.15, 0.2) is 0 Å². The maximum Gasteiger partial charge on any atom is 0.221 e. The van der Waals surface area contributed by atoms with Gasteiger partial charge in [-0.25, -0.2) is 4.98 Å². The molecule has 96 valence electrons. The van der Waals surface area contributed by atoms with E-state index < -0.39 is 0 Å². The average molecular weight is 246 g/mol. The van der Waals surface area contributed by atoms with E-state index in [2.05, 4.69) is 4.98 Å². The lowest BCUT2D eigenvalue weighted by Gasteiger charge is -2.15. The van der Waals surface area contributed by atoms with Gasteiger partial charge in [0.2, 0.25) is 5.88 Å². The topological polar surface area (TPSA) is 57.4 Å². The predicted octanol–water partition coefficient (Wildman–Crippen LogP) is 2.11. The highest BCUT2D eigenvalue weighted by atomic mass is 16.5. The summed E-state index contributed by atoms with van der Waals surface area (Å²) < 4.78 is 10.9. The lowest BCUT2D eigenvalue weighted by Crippen LogP contribution is -2.18. The van der Waals surface area contributed by atoms with Crippen LogP contribution in [0, 0.1) is 0 Å². The number of aromatic nitrogens is 1. The molecule has 0 radical (unpaired) electrons. The van der Waals surface area contributed by atoms with E-state index in [1.165, 1.54) is 0 Å². The van der Waals surface area contributed by atoms with Crippen molar-refractivity contribution in [1.29, 1.82) is 0 Å². The molecule has 2 N–H and O–H groups in total. The highest BCUT2D eigenvalue weighted by Gasteiger charge is 2.10. The van der Waals surface area contributed by atoms with Crippen LogP contribution in [0.2, 0.25) is 0 Å². The maximum atomic E-state index is 5.79. The van der Waals surface area contributed by atoms with Gasteiger partial charge in [-0.2, -0.15) is 0 Å². The second-order valence-corrected chi connectivity index (χ2v) is 4.22. The number of fused-ring (bicyclic) bond motifs is 1. The maximum absolute atomic E-state index is 5.79. The molecular weight excluding hydrogens is 228 g/mol. The molecule has 0 aliphatic heterocycles. The quantitative estimate of drug-likeness (QED) is 0.877. The molecule has 0 bridgehead atoms. The van der Waals surface area contributed by atoms with Crippen LogP contribution in [-0.4, -0.2) is 24.8 Å². The van der Waals surface area contributed by atoms with E-state index in [0.29, 0.717) is 19.0 Å². The summed E-state index contributed by atoms with van der Waals surface area (Å²) in [5.41, 5.74) is 6.74. The number of ether oxygens (including phenoxy) is 2. The van der Waals surface area contributed by atoms with E-state index in [4.69, 9.17) is 15.2 Å². The molecule has 1 unspecified atom stereocenters. The van der Waals surface area contributed by atoms with Crippen molar-refractivity contribution in [3.63, 3.8) is 0 Å². The van der Waals surface area contributed by atoms with Crippen LogP contribution in [0.3, 0.4) is 0 Å². The van der Waals surface area contributed by atoms with Crippen molar-refractivity contribution in [2.24, 2.45) is 5.73 Å². The molecule has 2 rings (SSSR count). The smallest absolute Gasteiger partial charge is 0.221 e. The second kappa shape index (κ2) is 5.80. The van der Waals surface area contributed by atoms with Gasteiger partial charge in [0.05, 0.1) is 6.61 Å². The van der Waals surface area contributed by atoms with Gasteiger partial charge >= 0.3 is 0 Å². The number of hydrogen-bond donors (Lipinski definition) is 1. The first-order valence-electron chi connectivity index (χ1n) is 5.98. The van der Waals surface area contributed by atoms with Gasteiger partial charge < -0.3 is 15.2 Å². The number of nitrogens with two attached hydrogens (primary N) is 1. The highest BCUT2D eigenvalue weighted by Crippen LogP contribution is 2.26. The number of nitrogens with zero attached hydrogens (tertiary/aromatic N) is 1. The minimum atomic E-state index is -0.0327. The Morgan fingerprint density at radius 3 is 2.67 bits per heavy atom. The Balaban J connectivity index is 2.40. The first-order chi connectivity index (χ1) is 8.76. The van der Waals surface area contributed by atoms with Gasteiger partial charge in [-0.15, -0.1) is 0 Å². The van der Waals surface area contributed by atoms with Crippen molar-refractivity contribution in [3.05, 3.63) is 36.0 Å². The molecule has 0 aliphatic rings. The van der Waals surface area contributed by atoms with Crippen LogP contribution >= 0.6 is 0 Å². The summed E-state index contributed by atoms with van der Waals surface area (Å²) in [7, 11) is 1.66. The summed E-state index contributed by atoms with van der Waals surface area (Å²) in [6, 6.07) is 7.99. The zero-order valence-corrected chi connectivity index (χ0v) is 10.7. The van der Waals surface area contributed by atoms with Crippen LogP contribution in [0.25, 0.3) is 10.8 Å². The molecule has 0 saturated carbocycles. The molecule has 0 saturated heterocycles. The van der Waals surface area contributed by atoms with Crippen molar-refractivity contribution in [1.82, 2.24) is 4.98 Å². The molecule has 0 amide bonds. The third-order valence-corrected chi connectivity index (χ3v) is 2.78. The molecule has 0 fully saturated rings. The predicted molar refractivity (Wildman–Crippen MR) is 71.6 cm³/mol. The summed E-state index contributed by atoms with van der Waals surface area (Å²) in [6.45, 7) is 2.97. The molecule has 4 heteroatoms. The average Bonchev–Trinajstić information content (AvgIpc) is 2.39. The fourth-order valence-electron chi connectivity index (χ4n) is 1.94. The molecule has 4 nitrogen and oxygen atoms in total. The van der Waals surface area contributed by atoms with E-state index in [-0.39, 0.29) is 6.10 Å². The third kappa shape index (κ3) is 2.60. The number of benzene rings is 1. The zero-order chi connectivity index (χ0) is 13.0. The summed E-state index contributed by atoms with van der Waals surface area (Å²) in [6.07, 6.45) is 1.74. The molecule has 0 spiro atoms. The fourth-order valence-corrected chi connectivity index (χ4v) is 1.94. The van der Waals surface area contributed by atoms with Gasteiger partial charge in [0.25, 0.3) is 0 Å². The molecule has 1 aromatic carbocycles. The van der Waals surface area contributed by atoms with Gasteiger partial charge in [0.1, 0.15) is 6.10 Å². The number of pyridine rings is 1. The van der Waals surface area contributed by atoms with E-state index in [0.717, 1.165) is 16.3 Å². The van der Waals surface area contributed by atoms with Crippen LogP contribution < -0.4 is 10.5 Å². The van der Waals surface area contributed by atoms with Gasteiger partial charge in [-0.05, 0) is 23.9 Å². The fraction of sp³-hybridized carbons (Fsp3) is 0.357. The first-order valence-corrected chi connectivity index (χ1v) is 5.98. The third-order valence-electron chi connectivity index (χ3n) is 2.78. The number of rotatable bonds is 5. The summed E-state index contributed by atoms with van der Waals surface area (Å²) in [5, 5.41) is 2.08. The Kier molecular flexibility index (Phi) is 4.12. The molecule has 1 atom stereocenters. The monoisotopic (exact) mass is 246 g/mol. The standard InChI is InChI=1S/C14H18N2O2/c1-10(9-17-2)18-14-13-6-4-3-5-12(13)11(7-15)8-16-14/h3-6,8,10H,7,9,15H2,1-2H3. The van der Waals surface area contributed by atoms with Gasteiger partial charge in [-0.3, -0.25) is 0 Å². The largest absolute Gasteiger partial charge is 0.472 e. The van der Waals surface area contributed by atoms with Crippen molar-refractivity contribution < 1.29 is 9.47 Å². The van der Waals surface area contributed by atoms with Crippen LogP contribution in [0.1, 0.15) is 12.5 Å². The van der Waals surface area contributed by atoms with Crippen LogP contribution in [-0.2, 0) is 11.3 Å². The lowest BCUT2D eigenvalue weighted by molar-refractivity contribution is 0.0901. The summed E-state index contributed by atoms with van der Waals surface area (Å²) in [4.78, 5) is 4.34. The SMILES string of the molecule is COCC(C)Oc1ncc(CN)c2ccccc12. The second-order valence-electron chi connectivity index (χ2n) is 4.22. The minimum absolute atomic E-state index is 0.0327. The first kappa shape index (κ1) is 12.8. The molecule has 1 aromatic heterocycles.